The normalized spacial score (nSPS) is 12.6. The highest BCUT2D eigenvalue weighted by atomic mass is 35.5. The molecule has 1 aromatic carbocycles. The number of benzene rings is 1. The summed E-state index contributed by atoms with van der Waals surface area (Å²) >= 11 is 6.26. The van der Waals surface area contributed by atoms with Crippen LogP contribution in [0.1, 0.15) is 57.6 Å². The van der Waals surface area contributed by atoms with E-state index in [0.717, 1.165) is 12.0 Å². The smallest absolute Gasteiger partial charge is 0.285 e. The lowest BCUT2D eigenvalue weighted by atomic mass is 9.97. The minimum atomic E-state index is -3.80. The van der Waals surface area contributed by atoms with Gasteiger partial charge in [0.2, 0.25) is 0 Å². The molecule has 1 rings (SSSR count). The van der Waals surface area contributed by atoms with Crippen molar-refractivity contribution in [3.05, 3.63) is 28.3 Å². The van der Waals surface area contributed by atoms with Crippen LogP contribution in [0, 0.1) is 0 Å². The van der Waals surface area contributed by atoms with Crippen molar-refractivity contribution >= 4 is 28.0 Å². The molecule has 118 valence electrons. The van der Waals surface area contributed by atoms with E-state index in [1.807, 2.05) is 27.7 Å². The van der Waals surface area contributed by atoms with E-state index in [1.165, 1.54) is 0 Å². The van der Waals surface area contributed by atoms with Crippen LogP contribution >= 0.6 is 11.6 Å². The Bertz CT molecular complexity index is 622. The van der Waals surface area contributed by atoms with Gasteiger partial charge >= 0.3 is 0 Å². The van der Waals surface area contributed by atoms with E-state index in [0.29, 0.717) is 17.2 Å². The van der Waals surface area contributed by atoms with Crippen molar-refractivity contribution in [2.75, 3.05) is 6.61 Å². The van der Waals surface area contributed by atoms with Gasteiger partial charge in [-0.1, -0.05) is 39.3 Å². The molecule has 0 saturated heterocycles. The van der Waals surface area contributed by atoms with Crippen LogP contribution in [-0.2, 0) is 14.8 Å². The van der Waals surface area contributed by atoms with Gasteiger partial charge in [-0.05, 0) is 42.0 Å². The summed E-state index contributed by atoms with van der Waals surface area (Å²) in [4.78, 5) is 0.196. The Hall–Kier alpha value is -1.07. The number of hydrogen-bond acceptors (Lipinski definition) is 3. The van der Waals surface area contributed by atoms with Crippen LogP contribution in [-0.4, -0.2) is 21.4 Å². The van der Waals surface area contributed by atoms with Gasteiger partial charge in [0.15, 0.2) is 6.40 Å². The summed E-state index contributed by atoms with van der Waals surface area (Å²) in [5.74, 6) is 0.152. The maximum Gasteiger partial charge on any atom is 0.285 e. The highest BCUT2D eigenvalue weighted by Gasteiger charge is 2.22. The third-order valence-electron chi connectivity index (χ3n) is 3.07. The molecule has 0 radical (unpaired) electrons. The minimum absolute atomic E-state index is 0.0239. The molecule has 0 heterocycles. The fourth-order valence-corrected chi connectivity index (χ4v) is 3.47. The van der Waals surface area contributed by atoms with Gasteiger partial charge < -0.3 is 4.74 Å². The van der Waals surface area contributed by atoms with Crippen LogP contribution in [0.3, 0.4) is 0 Å². The molecular weight excluding hydrogens is 310 g/mol. The fourth-order valence-electron chi connectivity index (χ4n) is 1.92. The van der Waals surface area contributed by atoms with Crippen LogP contribution in [0.2, 0.25) is 5.02 Å². The zero-order chi connectivity index (χ0) is 16.2. The molecule has 21 heavy (non-hydrogen) atoms. The minimum Gasteiger partial charge on any atom is -0.483 e. The van der Waals surface area contributed by atoms with Gasteiger partial charge in [0, 0.05) is 5.02 Å². The van der Waals surface area contributed by atoms with Crippen molar-refractivity contribution in [1.82, 2.24) is 0 Å². The zero-order valence-corrected chi connectivity index (χ0v) is 14.6. The Kier molecular flexibility index (Phi) is 6.23. The van der Waals surface area contributed by atoms with Crippen molar-refractivity contribution in [3.8, 4) is 0 Å². The first kappa shape index (κ1) is 18.0. The average molecular weight is 332 g/mol. The van der Waals surface area contributed by atoms with Crippen molar-refractivity contribution in [3.63, 3.8) is 0 Å². The number of ether oxygens (including phenoxy) is 1. The molecule has 0 saturated carbocycles. The van der Waals surface area contributed by atoms with E-state index in [-0.39, 0.29) is 16.7 Å². The highest BCUT2D eigenvalue weighted by molar-refractivity contribution is 7.90. The monoisotopic (exact) mass is 331 g/mol. The van der Waals surface area contributed by atoms with E-state index in [1.54, 1.807) is 19.1 Å². The van der Waals surface area contributed by atoms with Crippen molar-refractivity contribution < 1.29 is 13.2 Å². The van der Waals surface area contributed by atoms with Gasteiger partial charge in [0.05, 0.1) is 11.5 Å². The predicted molar refractivity (Wildman–Crippen MR) is 86.9 cm³/mol. The molecule has 0 aliphatic heterocycles. The van der Waals surface area contributed by atoms with Crippen molar-refractivity contribution in [2.24, 2.45) is 4.40 Å². The second kappa shape index (κ2) is 7.27. The lowest BCUT2D eigenvalue weighted by Crippen LogP contribution is -2.07. The Morgan fingerprint density at radius 3 is 2.24 bits per heavy atom. The first-order chi connectivity index (χ1) is 9.70. The molecule has 0 atom stereocenters. The first-order valence-corrected chi connectivity index (χ1v) is 8.76. The van der Waals surface area contributed by atoms with Gasteiger partial charge in [-0.25, -0.2) is 0 Å². The van der Waals surface area contributed by atoms with E-state index in [9.17, 15) is 8.42 Å². The quantitative estimate of drug-likeness (QED) is 0.575. The molecule has 0 aromatic heterocycles. The number of sulfonamides is 1. The van der Waals surface area contributed by atoms with E-state index in [4.69, 9.17) is 16.3 Å². The lowest BCUT2D eigenvalue weighted by molar-refractivity contribution is 0.344. The van der Waals surface area contributed by atoms with Gasteiger partial charge in [-0.2, -0.15) is 8.42 Å². The number of nitrogens with zero attached hydrogens (tertiary/aromatic N) is 1. The Morgan fingerprint density at radius 1 is 1.19 bits per heavy atom. The predicted octanol–water partition coefficient (Wildman–Crippen LogP) is 4.34. The van der Waals surface area contributed by atoms with E-state index >= 15 is 0 Å². The maximum atomic E-state index is 12.4. The van der Waals surface area contributed by atoms with Gasteiger partial charge in [0.25, 0.3) is 10.0 Å². The second-order valence-electron chi connectivity index (χ2n) is 5.36. The summed E-state index contributed by atoms with van der Waals surface area (Å²) in [5.41, 5.74) is 1.46. The fraction of sp³-hybridized carbons (Fsp3) is 0.533. The summed E-state index contributed by atoms with van der Waals surface area (Å²) in [6.45, 7) is 9.91. The summed E-state index contributed by atoms with van der Waals surface area (Å²) in [6.07, 6.45) is 0.975. The summed E-state index contributed by atoms with van der Waals surface area (Å²) < 4.78 is 33.3. The van der Waals surface area contributed by atoms with Gasteiger partial charge in [-0.15, -0.1) is 4.40 Å². The van der Waals surface area contributed by atoms with E-state index in [2.05, 4.69) is 4.40 Å². The van der Waals surface area contributed by atoms with Crippen LogP contribution in [0.5, 0.6) is 0 Å². The summed E-state index contributed by atoms with van der Waals surface area (Å²) in [5, 5.41) is 0.585. The zero-order valence-electron chi connectivity index (χ0n) is 13.1. The molecule has 0 aliphatic carbocycles. The average Bonchev–Trinajstić information content (AvgIpc) is 2.37. The standard InChI is InChI=1S/C15H22ClNO3S/c1-6-20-9-17-21(18,19)15-8-12(10(2)3)14(16)7-13(15)11(4)5/h7-11H,6H2,1-5H3. The third-order valence-corrected chi connectivity index (χ3v) is 4.67. The summed E-state index contributed by atoms with van der Waals surface area (Å²) in [6, 6.07) is 3.35. The first-order valence-electron chi connectivity index (χ1n) is 6.94. The molecule has 0 spiro atoms. The van der Waals surface area contributed by atoms with Gasteiger partial charge in [-0.3, -0.25) is 0 Å². The van der Waals surface area contributed by atoms with Crippen LogP contribution in [0.25, 0.3) is 0 Å². The summed E-state index contributed by atoms with van der Waals surface area (Å²) in [7, 11) is -3.80. The molecule has 0 bridgehead atoms. The van der Waals surface area contributed by atoms with Gasteiger partial charge in [0.1, 0.15) is 0 Å². The largest absolute Gasteiger partial charge is 0.483 e. The lowest BCUT2D eigenvalue weighted by Gasteiger charge is -2.16. The molecule has 0 fully saturated rings. The van der Waals surface area contributed by atoms with Crippen LogP contribution in [0.15, 0.2) is 21.4 Å². The van der Waals surface area contributed by atoms with Crippen LogP contribution in [0.4, 0.5) is 0 Å². The molecule has 0 aliphatic rings. The Morgan fingerprint density at radius 2 is 1.76 bits per heavy atom. The second-order valence-corrected chi connectivity index (χ2v) is 7.37. The van der Waals surface area contributed by atoms with Crippen molar-refractivity contribution in [2.45, 2.75) is 51.3 Å². The Balaban J connectivity index is 3.48. The highest BCUT2D eigenvalue weighted by Crippen LogP contribution is 2.34. The molecule has 0 amide bonds. The van der Waals surface area contributed by atoms with Crippen LogP contribution < -0.4 is 0 Å². The molecule has 6 heteroatoms. The molecule has 1 aromatic rings. The Labute approximate surface area is 132 Å². The molecule has 4 nitrogen and oxygen atoms in total. The number of rotatable bonds is 6. The molecule has 0 N–H and O–H groups in total. The van der Waals surface area contributed by atoms with Crippen molar-refractivity contribution in [1.29, 1.82) is 0 Å². The molecular formula is C15H22ClNO3S. The topological polar surface area (TPSA) is 55.7 Å². The maximum absolute atomic E-state index is 12.4. The molecule has 0 unspecified atom stereocenters. The number of hydrogen-bond donors (Lipinski definition) is 0. The SMILES string of the molecule is CCOC=NS(=O)(=O)c1cc(C(C)C)c(Cl)cc1C(C)C. The third kappa shape index (κ3) is 4.45. The number of halogens is 1. The van der Waals surface area contributed by atoms with E-state index < -0.39 is 10.0 Å².